The van der Waals surface area contributed by atoms with Crippen LogP contribution in [-0.4, -0.2) is 43.1 Å². The van der Waals surface area contributed by atoms with Crippen LogP contribution in [0.25, 0.3) is 17.2 Å². The summed E-state index contributed by atoms with van der Waals surface area (Å²) in [6.45, 7) is 4.05. The number of rotatable bonds is 3. The highest BCUT2D eigenvalue weighted by molar-refractivity contribution is 9.10. The van der Waals surface area contributed by atoms with E-state index in [1.807, 2.05) is 22.9 Å². The standard InChI is InChI=1S/C20H20BrN7/c1-13-4-5-15(25-13)14-3-2-8-27(11-14)18-6-7-22-20(26-18)16-9-24-19-10-23-17(21)12-28(16)19/h5-7,9-10,12,14H,2-4,8,11H2,1H3. The lowest BCUT2D eigenvalue weighted by Crippen LogP contribution is -2.36. The topological polar surface area (TPSA) is 71.6 Å². The van der Waals surface area contributed by atoms with Crippen LogP contribution in [-0.2, 0) is 0 Å². The normalized spacial score (nSPS) is 19.8. The van der Waals surface area contributed by atoms with Gasteiger partial charge in [-0.1, -0.05) is 6.08 Å². The first-order chi connectivity index (χ1) is 13.7. The van der Waals surface area contributed by atoms with Crippen LogP contribution in [0.2, 0.25) is 0 Å². The Kier molecular flexibility index (Phi) is 4.43. The minimum absolute atomic E-state index is 0.474. The highest BCUT2D eigenvalue weighted by Crippen LogP contribution is 2.30. The molecule has 5 heterocycles. The maximum absolute atomic E-state index is 4.86. The molecule has 1 fully saturated rings. The fraction of sp³-hybridized carbons (Fsp3) is 0.350. The molecule has 0 radical (unpaired) electrons. The van der Waals surface area contributed by atoms with Crippen LogP contribution >= 0.6 is 15.9 Å². The van der Waals surface area contributed by atoms with E-state index in [0.29, 0.717) is 11.7 Å². The number of hydrogen-bond donors (Lipinski definition) is 0. The largest absolute Gasteiger partial charge is 0.356 e. The summed E-state index contributed by atoms with van der Waals surface area (Å²) in [6.07, 6.45) is 12.8. The minimum atomic E-state index is 0.474. The molecule has 3 aromatic rings. The Hall–Kier alpha value is -2.61. The van der Waals surface area contributed by atoms with Gasteiger partial charge in [-0.2, -0.15) is 0 Å². The van der Waals surface area contributed by atoms with E-state index in [2.05, 4.69) is 48.8 Å². The van der Waals surface area contributed by atoms with Gasteiger partial charge < -0.3 is 4.90 Å². The van der Waals surface area contributed by atoms with Crippen LogP contribution in [0.1, 0.15) is 26.2 Å². The van der Waals surface area contributed by atoms with Crippen LogP contribution in [0.5, 0.6) is 0 Å². The van der Waals surface area contributed by atoms with Crippen LogP contribution in [0.3, 0.4) is 0 Å². The number of halogens is 1. The van der Waals surface area contributed by atoms with Crippen molar-refractivity contribution < 1.29 is 0 Å². The predicted molar refractivity (Wildman–Crippen MR) is 112 cm³/mol. The Bertz CT molecular complexity index is 1100. The maximum atomic E-state index is 4.86. The van der Waals surface area contributed by atoms with E-state index in [9.17, 15) is 0 Å². The first kappa shape index (κ1) is 17.5. The van der Waals surface area contributed by atoms with Crippen LogP contribution in [0.4, 0.5) is 5.82 Å². The Morgan fingerprint density at radius 2 is 2.11 bits per heavy atom. The minimum Gasteiger partial charge on any atom is -0.356 e. The van der Waals surface area contributed by atoms with Crippen molar-refractivity contribution in [1.82, 2.24) is 24.3 Å². The van der Waals surface area contributed by atoms with Crippen molar-refractivity contribution in [2.75, 3.05) is 18.0 Å². The molecule has 28 heavy (non-hydrogen) atoms. The predicted octanol–water partition coefficient (Wildman–Crippen LogP) is 3.91. The molecule has 0 aliphatic carbocycles. The van der Waals surface area contributed by atoms with Gasteiger partial charge in [-0.25, -0.2) is 19.9 Å². The Morgan fingerprint density at radius 1 is 1.18 bits per heavy atom. The van der Waals surface area contributed by atoms with Crippen LogP contribution < -0.4 is 4.90 Å². The molecular formula is C20H20BrN7. The molecule has 1 unspecified atom stereocenters. The molecule has 0 N–H and O–H groups in total. The fourth-order valence-corrected chi connectivity index (χ4v) is 4.24. The Balaban J connectivity index is 1.44. The van der Waals surface area contributed by atoms with Gasteiger partial charge in [-0.15, -0.1) is 0 Å². The summed E-state index contributed by atoms with van der Waals surface area (Å²) < 4.78 is 2.70. The van der Waals surface area contributed by atoms with Gasteiger partial charge in [0, 0.05) is 49.2 Å². The number of fused-ring (bicyclic) bond motifs is 1. The fourth-order valence-electron chi connectivity index (χ4n) is 3.93. The molecule has 1 atom stereocenters. The van der Waals surface area contributed by atoms with E-state index < -0.39 is 0 Å². The average molecular weight is 438 g/mol. The SMILES string of the molecule is CC1=NC(C2CCCN(c3ccnc(-c4cnc5cnc(Br)cn45)n3)C2)=CC1. The zero-order valence-corrected chi connectivity index (χ0v) is 17.2. The molecule has 142 valence electrons. The summed E-state index contributed by atoms with van der Waals surface area (Å²) in [4.78, 5) is 25.1. The van der Waals surface area contributed by atoms with Gasteiger partial charge in [0.15, 0.2) is 11.5 Å². The second-order valence-electron chi connectivity index (χ2n) is 7.29. The van der Waals surface area contributed by atoms with Crippen molar-refractivity contribution >= 4 is 33.1 Å². The summed E-state index contributed by atoms with van der Waals surface area (Å²) in [5.74, 6) is 2.10. The monoisotopic (exact) mass is 437 g/mol. The lowest BCUT2D eigenvalue weighted by atomic mass is 9.95. The van der Waals surface area contributed by atoms with Gasteiger partial charge in [-0.05, 0) is 41.8 Å². The molecule has 8 heteroatoms. The number of allylic oxidation sites excluding steroid dienone is 1. The van der Waals surface area contributed by atoms with Crippen LogP contribution in [0, 0.1) is 5.92 Å². The lowest BCUT2D eigenvalue weighted by Gasteiger charge is -2.33. The molecule has 0 saturated carbocycles. The van der Waals surface area contributed by atoms with Crippen molar-refractivity contribution in [3.63, 3.8) is 0 Å². The van der Waals surface area contributed by atoms with E-state index in [4.69, 9.17) is 9.98 Å². The molecule has 0 aromatic carbocycles. The summed E-state index contributed by atoms with van der Waals surface area (Å²) in [5, 5.41) is 0. The third kappa shape index (κ3) is 3.22. The molecule has 2 aliphatic rings. The maximum Gasteiger partial charge on any atom is 0.180 e. The van der Waals surface area contributed by atoms with Gasteiger partial charge >= 0.3 is 0 Å². The number of imidazole rings is 1. The van der Waals surface area contributed by atoms with E-state index in [0.717, 1.165) is 47.7 Å². The van der Waals surface area contributed by atoms with Crippen LogP contribution in [0.15, 0.2) is 52.2 Å². The summed E-state index contributed by atoms with van der Waals surface area (Å²) >= 11 is 3.42. The molecule has 0 bridgehead atoms. The average Bonchev–Trinajstić information content (AvgIpc) is 3.34. The number of aliphatic imine (C=N–C) groups is 1. The summed E-state index contributed by atoms with van der Waals surface area (Å²) in [7, 11) is 0. The Morgan fingerprint density at radius 3 is 2.96 bits per heavy atom. The van der Waals surface area contributed by atoms with Gasteiger partial charge in [0.05, 0.1) is 12.4 Å². The number of aromatic nitrogens is 5. The third-order valence-corrected chi connectivity index (χ3v) is 5.73. The number of nitrogens with zero attached hydrogens (tertiary/aromatic N) is 7. The molecule has 0 amide bonds. The molecular weight excluding hydrogens is 418 g/mol. The smallest absolute Gasteiger partial charge is 0.180 e. The number of piperidine rings is 1. The molecule has 0 spiro atoms. The number of anilines is 1. The second kappa shape index (κ2) is 7.09. The molecule has 2 aliphatic heterocycles. The molecule has 7 nitrogen and oxygen atoms in total. The first-order valence-corrected chi connectivity index (χ1v) is 10.3. The Labute approximate surface area is 171 Å². The lowest BCUT2D eigenvalue weighted by molar-refractivity contribution is 0.461. The van der Waals surface area contributed by atoms with Gasteiger partial charge in [0.2, 0.25) is 0 Å². The van der Waals surface area contributed by atoms with Crippen molar-refractivity contribution in [2.45, 2.75) is 26.2 Å². The van der Waals surface area contributed by atoms with E-state index in [-0.39, 0.29) is 0 Å². The second-order valence-corrected chi connectivity index (χ2v) is 8.10. The van der Waals surface area contributed by atoms with E-state index in [1.54, 1.807) is 12.4 Å². The van der Waals surface area contributed by atoms with E-state index >= 15 is 0 Å². The van der Waals surface area contributed by atoms with Gasteiger partial charge in [0.25, 0.3) is 0 Å². The van der Waals surface area contributed by atoms with Crippen molar-refractivity contribution in [1.29, 1.82) is 0 Å². The summed E-state index contributed by atoms with van der Waals surface area (Å²) in [6, 6.07) is 1.99. The number of hydrogen-bond acceptors (Lipinski definition) is 6. The molecule has 5 rings (SSSR count). The summed E-state index contributed by atoms with van der Waals surface area (Å²) in [5.41, 5.74) is 4.08. The highest BCUT2D eigenvalue weighted by Gasteiger charge is 2.25. The van der Waals surface area contributed by atoms with Crippen molar-refractivity contribution in [3.05, 3.63) is 47.2 Å². The van der Waals surface area contributed by atoms with Crippen molar-refractivity contribution in [2.24, 2.45) is 10.9 Å². The zero-order chi connectivity index (χ0) is 19.1. The van der Waals surface area contributed by atoms with Gasteiger partial charge in [-0.3, -0.25) is 9.39 Å². The third-order valence-electron chi connectivity index (χ3n) is 5.32. The van der Waals surface area contributed by atoms with E-state index in [1.165, 1.54) is 17.8 Å². The molecule has 3 aromatic heterocycles. The van der Waals surface area contributed by atoms with Gasteiger partial charge in [0.1, 0.15) is 16.1 Å². The first-order valence-electron chi connectivity index (χ1n) is 9.48. The zero-order valence-electron chi connectivity index (χ0n) is 15.6. The van der Waals surface area contributed by atoms with Crippen molar-refractivity contribution in [3.8, 4) is 11.5 Å². The quantitative estimate of drug-likeness (QED) is 0.620. The molecule has 1 saturated heterocycles. The highest BCUT2D eigenvalue weighted by atomic mass is 79.9.